The molecular weight excluding hydrogens is 288 g/mol. The smallest absolute Gasteiger partial charge is 0.0495 e. The number of thiophene rings is 1. The van der Waals surface area contributed by atoms with Crippen LogP contribution in [-0.2, 0) is 7.05 Å². The summed E-state index contributed by atoms with van der Waals surface area (Å²) in [7, 11) is 2.05. The van der Waals surface area contributed by atoms with Crippen molar-refractivity contribution < 1.29 is 0 Å². The van der Waals surface area contributed by atoms with Gasteiger partial charge in [-0.05, 0) is 36.8 Å². The lowest BCUT2D eigenvalue weighted by Gasteiger charge is -2.12. The van der Waals surface area contributed by atoms with Crippen molar-refractivity contribution in [2.75, 3.05) is 6.54 Å². The van der Waals surface area contributed by atoms with Gasteiger partial charge in [0.15, 0.2) is 0 Å². The highest BCUT2D eigenvalue weighted by Gasteiger charge is 2.19. The molecule has 0 radical (unpaired) electrons. The van der Waals surface area contributed by atoms with Crippen LogP contribution in [0, 0.1) is 6.92 Å². The van der Waals surface area contributed by atoms with Crippen LogP contribution in [-0.4, -0.2) is 11.1 Å². The van der Waals surface area contributed by atoms with Gasteiger partial charge >= 0.3 is 0 Å². The fourth-order valence-corrected chi connectivity index (χ4v) is 3.88. The maximum atomic E-state index is 6.10. The Morgan fingerprint density at radius 3 is 2.75 bits per heavy atom. The molecule has 0 aliphatic rings. The number of halogens is 1. The summed E-state index contributed by atoms with van der Waals surface area (Å²) in [5.41, 5.74) is 8.48. The standard InChI is InChI=1S/C16H17ClN2S/c1-10-3-6-16(20-10)13(8-18)14-9-19(2)15-7-11(17)4-5-12(14)15/h3-7,9,13H,8,18H2,1-2H3. The topological polar surface area (TPSA) is 30.9 Å². The highest BCUT2D eigenvalue weighted by atomic mass is 35.5. The molecule has 0 aliphatic heterocycles. The highest BCUT2D eigenvalue weighted by Crippen LogP contribution is 2.35. The summed E-state index contributed by atoms with van der Waals surface area (Å²) >= 11 is 7.92. The lowest BCUT2D eigenvalue weighted by atomic mass is 9.97. The number of hydrogen-bond acceptors (Lipinski definition) is 2. The van der Waals surface area contributed by atoms with Crippen molar-refractivity contribution in [2.24, 2.45) is 12.8 Å². The molecule has 2 aromatic heterocycles. The van der Waals surface area contributed by atoms with Crippen LogP contribution in [0.5, 0.6) is 0 Å². The minimum atomic E-state index is 0.249. The molecule has 3 rings (SSSR count). The number of nitrogens with zero attached hydrogens (tertiary/aromatic N) is 1. The minimum absolute atomic E-state index is 0.249. The molecule has 2 nitrogen and oxygen atoms in total. The van der Waals surface area contributed by atoms with Gasteiger partial charge in [-0.2, -0.15) is 0 Å². The molecule has 1 unspecified atom stereocenters. The van der Waals surface area contributed by atoms with Crippen molar-refractivity contribution >= 4 is 33.8 Å². The largest absolute Gasteiger partial charge is 0.350 e. The molecule has 2 heterocycles. The van der Waals surface area contributed by atoms with Gasteiger partial charge in [0, 0.05) is 51.4 Å². The first-order valence-corrected chi connectivity index (χ1v) is 7.80. The van der Waals surface area contributed by atoms with Crippen molar-refractivity contribution in [1.29, 1.82) is 0 Å². The van der Waals surface area contributed by atoms with E-state index in [9.17, 15) is 0 Å². The summed E-state index contributed by atoms with van der Waals surface area (Å²) in [6.45, 7) is 2.74. The molecule has 0 amide bonds. The van der Waals surface area contributed by atoms with Gasteiger partial charge in [-0.3, -0.25) is 0 Å². The highest BCUT2D eigenvalue weighted by molar-refractivity contribution is 7.12. The third-order valence-corrected chi connectivity index (χ3v) is 5.05. The van der Waals surface area contributed by atoms with Crippen molar-refractivity contribution in [3.8, 4) is 0 Å². The van der Waals surface area contributed by atoms with E-state index >= 15 is 0 Å². The van der Waals surface area contributed by atoms with Crippen LogP contribution in [0.15, 0.2) is 36.5 Å². The molecule has 2 N–H and O–H groups in total. The number of hydrogen-bond donors (Lipinski definition) is 1. The Hall–Kier alpha value is -1.29. The van der Waals surface area contributed by atoms with E-state index in [2.05, 4.69) is 42.9 Å². The van der Waals surface area contributed by atoms with Crippen LogP contribution in [0.4, 0.5) is 0 Å². The summed E-state index contributed by atoms with van der Waals surface area (Å²) in [5, 5.41) is 2.00. The molecule has 3 aromatic rings. The Balaban J connectivity index is 2.17. The average molecular weight is 305 g/mol. The van der Waals surface area contributed by atoms with Crippen LogP contribution in [0.25, 0.3) is 10.9 Å². The molecule has 0 aliphatic carbocycles. The molecule has 0 saturated heterocycles. The molecule has 0 spiro atoms. The molecule has 0 bridgehead atoms. The first kappa shape index (κ1) is 13.7. The Labute approximate surface area is 127 Å². The van der Waals surface area contributed by atoms with Crippen LogP contribution < -0.4 is 5.73 Å². The van der Waals surface area contributed by atoms with Crippen molar-refractivity contribution in [1.82, 2.24) is 4.57 Å². The van der Waals surface area contributed by atoms with E-state index in [1.807, 2.05) is 23.5 Å². The summed E-state index contributed by atoms with van der Waals surface area (Å²) in [5.74, 6) is 0.249. The maximum absolute atomic E-state index is 6.10. The number of fused-ring (bicyclic) bond motifs is 1. The van der Waals surface area contributed by atoms with E-state index in [4.69, 9.17) is 17.3 Å². The Kier molecular flexibility index (Phi) is 3.59. The van der Waals surface area contributed by atoms with E-state index < -0.39 is 0 Å². The minimum Gasteiger partial charge on any atom is -0.350 e. The van der Waals surface area contributed by atoms with Gasteiger partial charge in [0.05, 0.1) is 0 Å². The number of aryl methyl sites for hydroxylation is 2. The number of rotatable bonds is 3. The lowest BCUT2D eigenvalue weighted by Crippen LogP contribution is -2.12. The molecule has 1 atom stereocenters. The number of aromatic nitrogens is 1. The second-order valence-corrected chi connectivity index (χ2v) is 6.85. The summed E-state index contributed by atoms with van der Waals surface area (Å²) in [6.07, 6.45) is 2.17. The monoisotopic (exact) mass is 304 g/mol. The third-order valence-electron chi connectivity index (χ3n) is 3.70. The summed E-state index contributed by atoms with van der Waals surface area (Å²) in [6, 6.07) is 10.4. The van der Waals surface area contributed by atoms with Gasteiger partial charge in [0.1, 0.15) is 0 Å². The van der Waals surface area contributed by atoms with E-state index in [0.29, 0.717) is 6.54 Å². The molecule has 0 fully saturated rings. The van der Waals surface area contributed by atoms with Crippen molar-refractivity contribution in [2.45, 2.75) is 12.8 Å². The molecular formula is C16H17ClN2S. The van der Waals surface area contributed by atoms with Crippen LogP contribution in [0.1, 0.15) is 21.2 Å². The molecule has 0 saturated carbocycles. The Morgan fingerprint density at radius 1 is 1.30 bits per heavy atom. The lowest BCUT2D eigenvalue weighted by molar-refractivity contribution is 0.831. The maximum Gasteiger partial charge on any atom is 0.0495 e. The third kappa shape index (κ3) is 2.26. The molecule has 1 aromatic carbocycles. The Morgan fingerprint density at radius 2 is 2.10 bits per heavy atom. The van der Waals surface area contributed by atoms with Crippen LogP contribution in [0.3, 0.4) is 0 Å². The average Bonchev–Trinajstić information content (AvgIpc) is 2.97. The first-order valence-electron chi connectivity index (χ1n) is 6.61. The van der Waals surface area contributed by atoms with Crippen LogP contribution >= 0.6 is 22.9 Å². The van der Waals surface area contributed by atoms with E-state index in [1.165, 1.54) is 20.7 Å². The molecule has 4 heteroatoms. The second-order valence-electron chi connectivity index (χ2n) is 5.09. The number of benzene rings is 1. The SMILES string of the molecule is Cc1ccc(C(CN)c2cn(C)c3cc(Cl)ccc23)s1. The molecule has 20 heavy (non-hydrogen) atoms. The van der Waals surface area contributed by atoms with Gasteiger partial charge in [0.2, 0.25) is 0 Å². The van der Waals surface area contributed by atoms with Gasteiger partial charge < -0.3 is 10.3 Å². The van der Waals surface area contributed by atoms with Gasteiger partial charge in [-0.15, -0.1) is 11.3 Å². The van der Waals surface area contributed by atoms with E-state index in [-0.39, 0.29) is 5.92 Å². The second kappa shape index (κ2) is 5.24. The predicted molar refractivity (Wildman–Crippen MR) is 87.9 cm³/mol. The Bertz CT molecular complexity index is 757. The zero-order chi connectivity index (χ0) is 14.3. The van der Waals surface area contributed by atoms with Crippen molar-refractivity contribution in [3.05, 3.63) is 56.9 Å². The van der Waals surface area contributed by atoms with Crippen LogP contribution in [0.2, 0.25) is 5.02 Å². The predicted octanol–water partition coefficient (Wildman–Crippen LogP) is 4.29. The van der Waals surface area contributed by atoms with E-state index in [1.54, 1.807) is 0 Å². The zero-order valence-corrected chi connectivity index (χ0v) is 13.1. The quantitative estimate of drug-likeness (QED) is 0.769. The summed E-state index contributed by atoms with van der Waals surface area (Å²) in [4.78, 5) is 2.65. The zero-order valence-electron chi connectivity index (χ0n) is 11.6. The van der Waals surface area contributed by atoms with Gasteiger partial charge in [0.25, 0.3) is 0 Å². The first-order chi connectivity index (χ1) is 9.60. The van der Waals surface area contributed by atoms with Gasteiger partial charge in [-0.25, -0.2) is 0 Å². The van der Waals surface area contributed by atoms with Gasteiger partial charge in [-0.1, -0.05) is 17.7 Å². The van der Waals surface area contributed by atoms with Crippen molar-refractivity contribution in [3.63, 3.8) is 0 Å². The normalized spacial score (nSPS) is 13.0. The number of nitrogens with two attached hydrogens (primary N) is 1. The van der Waals surface area contributed by atoms with E-state index in [0.717, 1.165) is 10.5 Å². The fourth-order valence-electron chi connectivity index (χ4n) is 2.70. The molecule has 104 valence electrons. The fraction of sp³-hybridized carbons (Fsp3) is 0.250. The summed E-state index contributed by atoms with van der Waals surface area (Å²) < 4.78 is 2.12.